The average Bonchev–Trinajstić information content (AvgIpc) is 2.91. The van der Waals surface area contributed by atoms with Gasteiger partial charge in [-0.25, -0.2) is 0 Å². The van der Waals surface area contributed by atoms with Crippen molar-refractivity contribution >= 4 is 19.4 Å². The Morgan fingerprint density at radius 1 is 1.22 bits per heavy atom. The van der Waals surface area contributed by atoms with Crippen molar-refractivity contribution in [3.8, 4) is 0 Å². The van der Waals surface area contributed by atoms with E-state index < -0.39 is 6.10 Å². The van der Waals surface area contributed by atoms with Gasteiger partial charge in [-0.3, -0.25) is 0 Å². The summed E-state index contributed by atoms with van der Waals surface area (Å²) in [5.74, 6) is 0. The molecule has 1 aromatic carbocycles. The first-order valence-electron chi connectivity index (χ1n) is 5.79. The van der Waals surface area contributed by atoms with Crippen LogP contribution in [0.4, 0.5) is 0 Å². The molecule has 0 spiro atoms. The van der Waals surface area contributed by atoms with E-state index in [0.29, 0.717) is 28.2 Å². The van der Waals surface area contributed by atoms with Gasteiger partial charge in [0, 0.05) is 0 Å². The van der Waals surface area contributed by atoms with Gasteiger partial charge in [-0.1, -0.05) is 0 Å². The van der Waals surface area contributed by atoms with Crippen LogP contribution >= 0.6 is 0 Å². The van der Waals surface area contributed by atoms with E-state index in [4.69, 9.17) is 9.15 Å². The number of aliphatic hydroxyl groups excluding tert-OH is 1. The molecule has 3 nitrogen and oxygen atoms in total. The predicted octanol–water partition coefficient (Wildman–Crippen LogP) is 1.61. The molecular weight excluding hydrogens is 295 g/mol. The van der Waals surface area contributed by atoms with Crippen LogP contribution in [-0.2, 0) is 11.3 Å². The van der Waals surface area contributed by atoms with Crippen LogP contribution in [0.15, 0.2) is 53.3 Å². The first-order valence-corrected chi connectivity index (χ1v) is 7.86. The zero-order chi connectivity index (χ0) is 12.6. The second kappa shape index (κ2) is 7.39. The van der Waals surface area contributed by atoms with E-state index in [9.17, 15) is 5.11 Å². The topological polar surface area (TPSA) is 42.6 Å². The molecule has 1 N–H and O–H groups in total. The molecule has 0 aliphatic heterocycles. The van der Waals surface area contributed by atoms with Crippen LogP contribution in [0.25, 0.3) is 0 Å². The molecule has 1 atom stereocenters. The van der Waals surface area contributed by atoms with Crippen molar-refractivity contribution < 1.29 is 14.3 Å². The van der Waals surface area contributed by atoms with Crippen LogP contribution < -0.4 is 4.46 Å². The molecule has 0 saturated carbocycles. The van der Waals surface area contributed by atoms with Crippen molar-refractivity contribution in [3.63, 3.8) is 0 Å². The van der Waals surface area contributed by atoms with Crippen molar-refractivity contribution in [3.05, 3.63) is 54.5 Å². The Bertz CT molecular complexity index is 428. The monoisotopic (exact) mass is 312 g/mol. The molecule has 2 rings (SSSR count). The fourth-order valence-corrected chi connectivity index (χ4v) is 3.19. The average molecular weight is 311 g/mol. The van der Waals surface area contributed by atoms with Crippen molar-refractivity contribution in [2.75, 3.05) is 6.61 Å². The van der Waals surface area contributed by atoms with E-state index >= 15 is 0 Å². The van der Waals surface area contributed by atoms with Crippen LogP contribution in [0.3, 0.4) is 0 Å². The molecule has 18 heavy (non-hydrogen) atoms. The zero-order valence-corrected chi connectivity index (χ0v) is 11.7. The van der Waals surface area contributed by atoms with Gasteiger partial charge in [0.15, 0.2) is 0 Å². The molecule has 1 heterocycles. The Labute approximate surface area is 113 Å². The zero-order valence-electron chi connectivity index (χ0n) is 9.99. The van der Waals surface area contributed by atoms with Gasteiger partial charge >= 0.3 is 113 Å². The van der Waals surface area contributed by atoms with Gasteiger partial charge in [-0.2, -0.15) is 0 Å². The van der Waals surface area contributed by atoms with Gasteiger partial charge in [0.25, 0.3) is 0 Å². The van der Waals surface area contributed by atoms with Crippen LogP contribution in [-0.4, -0.2) is 32.8 Å². The van der Waals surface area contributed by atoms with Crippen LogP contribution in [0.2, 0.25) is 5.32 Å². The molecule has 0 radical (unpaired) electrons. The molecule has 2 aromatic rings. The van der Waals surface area contributed by atoms with Gasteiger partial charge in [-0.05, 0) is 0 Å². The Balaban J connectivity index is 1.62. The predicted molar refractivity (Wildman–Crippen MR) is 71.0 cm³/mol. The Morgan fingerprint density at radius 3 is 2.78 bits per heavy atom. The van der Waals surface area contributed by atoms with Crippen LogP contribution in [0.5, 0.6) is 0 Å². The van der Waals surface area contributed by atoms with Crippen molar-refractivity contribution in [1.29, 1.82) is 0 Å². The van der Waals surface area contributed by atoms with Gasteiger partial charge in [0.1, 0.15) is 0 Å². The van der Waals surface area contributed by atoms with E-state index in [1.165, 1.54) is 4.46 Å². The summed E-state index contributed by atoms with van der Waals surface area (Å²) < 4.78 is 11.7. The molecule has 1 unspecified atom stereocenters. The molecule has 4 heteroatoms. The second-order valence-electron chi connectivity index (χ2n) is 3.92. The third-order valence-electron chi connectivity index (χ3n) is 2.34. The number of benzene rings is 1. The summed E-state index contributed by atoms with van der Waals surface area (Å²) in [6, 6.07) is 12.1. The van der Waals surface area contributed by atoms with Crippen molar-refractivity contribution in [2.24, 2.45) is 0 Å². The molecule has 0 amide bonds. The van der Waals surface area contributed by atoms with Gasteiger partial charge in [0.2, 0.25) is 0 Å². The minimum absolute atomic E-state index is 0.305. The number of aliphatic hydroxyl groups is 1. The van der Waals surface area contributed by atoms with E-state index in [1.54, 1.807) is 12.5 Å². The Hall–Kier alpha value is -1.06. The standard InChI is InChI=1S/C14H16O3Se/c15-13(10-17-9-12-6-7-16-8-12)11-18-14-4-2-1-3-5-14/h1-8,13,15H,9-11H2. The third-order valence-corrected chi connectivity index (χ3v) is 4.77. The summed E-state index contributed by atoms with van der Waals surface area (Å²) >= 11 is 0.305. The van der Waals surface area contributed by atoms with Crippen molar-refractivity contribution in [1.82, 2.24) is 0 Å². The van der Waals surface area contributed by atoms with Crippen LogP contribution in [0.1, 0.15) is 5.56 Å². The summed E-state index contributed by atoms with van der Waals surface area (Å²) in [5, 5.41) is 10.6. The molecule has 1 aromatic heterocycles. The Kier molecular flexibility index (Phi) is 5.49. The summed E-state index contributed by atoms with van der Waals surface area (Å²) in [6.07, 6.45) is 2.88. The van der Waals surface area contributed by atoms with E-state index in [0.717, 1.165) is 10.9 Å². The molecule has 0 bridgehead atoms. The van der Waals surface area contributed by atoms with E-state index in [-0.39, 0.29) is 0 Å². The summed E-state index contributed by atoms with van der Waals surface area (Å²) in [4.78, 5) is 0. The van der Waals surface area contributed by atoms with E-state index in [1.807, 2.05) is 24.3 Å². The van der Waals surface area contributed by atoms with Crippen molar-refractivity contribution in [2.45, 2.75) is 18.0 Å². The molecule has 0 saturated heterocycles. The number of hydrogen-bond acceptors (Lipinski definition) is 3. The summed E-state index contributed by atoms with van der Waals surface area (Å²) in [7, 11) is 0. The number of hydrogen-bond donors (Lipinski definition) is 1. The van der Waals surface area contributed by atoms with Gasteiger partial charge in [-0.15, -0.1) is 0 Å². The third kappa shape index (κ3) is 4.67. The van der Waals surface area contributed by atoms with Crippen LogP contribution in [0, 0.1) is 0 Å². The maximum atomic E-state index is 9.81. The fourth-order valence-electron chi connectivity index (χ4n) is 1.44. The SMILES string of the molecule is OC(COCc1ccoc1)C[Se]c1ccccc1. The molecule has 0 aliphatic rings. The first kappa shape index (κ1) is 13.4. The number of furan rings is 1. The molecular formula is C14H16O3Se. The second-order valence-corrected chi connectivity index (χ2v) is 6.22. The number of rotatable bonds is 7. The maximum absolute atomic E-state index is 9.81. The normalized spacial score (nSPS) is 12.5. The molecule has 96 valence electrons. The Morgan fingerprint density at radius 2 is 2.06 bits per heavy atom. The number of ether oxygens (including phenoxy) is 1. The van der Waals surface area contributed by atoms with Gasteiger partial charge in [0.05, 0.1) is 0 Å². The quantitative estimate of drug-likeness (QED) is 0.790. The van der Waals surface area contributed by atoms with E-state index in [2.05, 4.69) is 12.1 Å². The fraction of sp³-hybridized carbons (Fsp3) is 0.286. The summed E-state index contributed by atoms with van der Waals surface area (Å²) in [6.45, 7) is 0.867. The minimum atomic E-state index is -0.392. The van der Waals surface area contributed by atoms with Gasteiger partial charge < -0.3 is 0 Å². The summed E-state index contributed by atoms with van der Waals surface area (Å²) in [5.41, 5.74) is 0.996. The first-order chi connectivity index (χ1) is 8.84. The molecule has 0 aliphatic carbocycles. The molecule has 0 fully saturated rings.